The van der Waals surface area contributed by atoms with Crippen molar-refractivity contribution in [2.75, 3.05) is 26.4 Å². The van der Waals surface area contributed by atoms with Crippen molar-refractivity contribution in [3.63, 3.8) is 0 Å². The molecular formula is C18H26N2O4. The molecule has 2 heterocycles. The maximum Gasteiger partial charge on any atom is 0.315 e. The van der Waals surface area contributed by atoms with Gasteiger partial charge in [0.05, 0.1) is 18.7 Å². The van der Waals surface area contributed by atoms with Gasteiger partial charge >= 0.3 is 6.03 Å². The number of amides is 2. The van der Waals surface area contributed by atoms with Crippen molar-refractivity contribution < 1.29 is 19.0 Å². The van der Waals surface area contributed by atoms with Crippen LogP contribution >= 0.6 is 0 Å². The molecule has 0 aromatic heterocycles. The minimum absolute atomic E-state index is 0.0897. The molecule has 1 aromatic rings. The number of rotatable bonds is 4. The molecule has 132 valence electrons. The second kappa shape index (κ2) is 7.75. The van der Waals surface area contributed by atoms with E-state index in [2.05, 4.69) is 24.5 Å². The lowest BCUT2D eigenvalue weighted by atomic mass is 9.95. The second-order valence-electron chi connectivity index (χ2n) is 6.66. The lowest BCUT2D eigenvalue weighted by molar-refractivity contribution is 0.0729. The molecule has 6 nitrogen and oxygen atoms in total. The summed E-state index contributed by atoms with van der Waals surface area (Å²) in [4.78, 5) is 12.4. The predicted molar refractivity (Wildman–Crippen MR) is 90.5 cm³/mol. The number of benzene rings is 1. The molecule has 24 heavy (non-hydrogen) atoms. The molecule has 0 aliphatic carbocycles. The average molecular weight is 334 g/mol. The maximum absolute atomic E-state index is 12.4. The van der Waals surface area contributed by atoms with Crippen LogP contribution in [-0.2, 0) is 4.74 Å². The Bertz CT molecular complexity index is 570. The molecule has 0 saturated carbocycles. The van der Waals surface area contributed by atoms with E-state index in [1.807, 2.05) is 18.2 Å². The number of urea groups is 1. The number of hydrogen-bond donors (Lipinski definition) is 2. The highest BCUT2D eigenvalue weighted by Gasteiger charge is 2.23. The van der Waals surface area contributed by atoms with Gasteiger partial charge in [-0.1, -0.05) is 19.9 Å². The standard InChI is InChI=1S/C18H26N2O4/c1-12(2)17(20-18(21)19-14-4-3-7-22-11-14)13-5-6-15-16(10-13)24-9-8-23-15/h5-6,10,12,14,17H,3-4,7-9,11H2,1-2H3,(H2,19,20,21)/t14-,17-/m0/s1. The van der Waals surface area contributed by atoms with Crippen LogP contribution in [-0.4, -0.2) is 38.5 Å². The lowest BCUT2D eigenvalue weighted by Gasteiger charge is -2.28. The molecule has 0 radical (unpaired) electrons. The largest absolute Gasteiger partial charge is 0.486 e. The number of carbonyl (C=O) groups excluding carboxylic acids is 1. The number of carbonyl (C=O) groups is 1. The molecule has 2 aliphatic rings. The minimum Gasteiger partial charge on any atom is -0.486 e. The van der Waals surface area contributed by atoms with Crippen LogP contribution in [0.3, 0.4) is 0 Å². The maximum atomic E-state index is 12.4. The first-order chi connectivity index (χ1) is 11.6. The molecule has 3 rings (SSSR count). The van der Waals surface area contributed by atoms with Crippen molar-refractivity contribution in [3.8, 4) is 11.5 Å². The van der Waals surface area contributed by atoms with Crippen LogP contribution in [0.1, 0.15) is 38.3 Å². The Kier molecular flexibility index (Phi) is 5.45. The van der Waals surface area contributed by atoms with Gasteiger partial charge < -0.3 is 24.8 Å². The van der Waals surface area contributed by atoms with Crippen molar-refractivity contribution in [1.29, 1.82) is 0 Å². The summed E-state index contributed by atoms with van der Waals surface area (Å²) in [5.41, 5.74) is 1.02. The highest BCUT2D eigenvalue weighted by molar-refractivity contribution is 5.75. The van der Waals surface area contributed by atoms with Gasteiger partial charge in [0.25, 0.3) is 0 Å². The van der Waals surface area contributed by atoms with Gasteiger partial charge in [0.1, 0.15) is 13.2 Å². The fourth-order valence-electron chi connectivity index (χ4n) is 3.11. The third kappa shape index (κ3) is 4.12. The highest BCUT2D eigenvalue weighted by Crippen LogP contribution is 2.34. The van der Waals surface area contributed by atoms with Crippen LogP contribution < -0.4 is 20.1 Å². The fourth-order valence-corrected chi connectivity index (χ4v) is 3.11. The van der Waals surface area contributed by atoms with Crippen molar-refractivity contribution in [2.24, 2.45) is 5.92 Å². The first-order valence-corrected chi connectivity index (χ1v) is 8.68. The van der Waals surface area contributed by atoms with E-state index >= 15 is 0 Å². The predicted octanol–water partition coefficient (Wildman–Crippen LogP) is 2.63. The summed E-state index contributed by atoms with van der Waals surface area (Å²) < 4.78 is 16.6. The Morgan fingerprint density at radius 3 is 2.67 bits per heavy atom. The van der Waals surface area contributed by atoms with E-state index < -0.39 is 0 Å². The summed E-state index contributed by atoms with van der Waals surface area (Å²) in [6, 6.07) is 5.70. The molecule has 0 unspecified atom stereocenters. The van der Waals surface area contributed by atoms with Gasteiger partial charge in [-0.25, -0.2) is 4.79 Å². The minimum atomic E-state index is -0.154. The van der Waals surface area contributed by atoms with Crippen LogP contribution in [0.5, 0.6) is 11.5 Å². The third-order valence-electron chi connectivity index (χ3n) is 4.37. The van der Waals surface area contributed by atoms with E-state index in [9.17, 15) is 4.79 Å². The Hall–Kier alpha value is -1.95. The van der Waals surface area contributed by atoms with Crippen molar-refractivity contribution in [3.05, 3.63) is 23.8 Å². The molecular weight excluding hydrogens is 308 g/mol. The van der Waals surface area contributed by atoms with E-state index in [-0.39, 0.29) is 24.0 Å². The Labute approximate surface area is 142 Å². The van der Waals surface area contributed by atoms with Gasteiger partial charge in [-0.15, -0.1) is 0 Å². The average Bonchev–Trinajstić information content (AvgIpc) is 2.60. The molecule has 2 N–H and O–H groups in total. The van der Waals surface area contributed by atoms with E-state index in [1.165, 1.54) is 0 Å². The van der Waals surface area contributed by atoms with Gasteiger partial charge in [-0.05, 0) is 36.5 Å². The van der Waals surface area contributed by atoms with Crippen LogP contribution in [0, 0.1) is 5.92 Å². The zero-order chi connectivity index (χ0) is 16.9. The molecule has 2 atom stereocenters. The van der Waals surface area contributed by atoms with Gasteiger partial charge in [0, 0.05) is 6.61 Å². The monoisotopic (exact) mass is 334 g/mol. The van der Waals surface area contributed by atoms with Gasteiger partial charge in [0.15, 0.2) is 11.5 Å². The zero-order valence-corrected chi connectivity index (χ0v) is 14.3. The van der Waals surface area contributed by atoms with Gasteiger partial charge in [0.2, 0.25) is 0 Å². The van der Waals surface area contributed by atoms with Crippen LogP contribution in [0.4, 0.5) is 4.79 Å². The van der Waals surface area contributed by atoms with Crippen LogP contribution in [0.15, 0.2) is 18.2 Å². The smallest absolute Gasteiger partial charge is 0.315 e. The second-order valence-corrected chi connectivity index (χ2v) is 6.66. The quantitative estimate of drug-likeness (QED) is 0.888. The van der Waals surface area contributed by atoms with Crippen molar-refractivity contribution in [2.45, 2.75) is 38.8 Å². The molecule has 1 aromatic carbocycles. The van der Waals surface area contributed by atoms with E-state index in [0.717, 1.165) is 36.5 Å². The summed E-state index contributed by atoms with van der Waals surface area (Å²) >= 11 is 0. The molecule has 1 saturated heterocycles. The normalized spacial score (nSPS) is 21.2. The molecule has 0 bridgehead atoms. The van der Waals surface area contributed by atoms with E-state index in [1.54, 1.807) is 0 Å². The van der Waals surface area contributed by atoms with Crippen molar-refractivity contribution in [1.82, 2.24) is 10.6 Å². The Morgan fingerprint density at radius 1 is 1.17 bits per heavy atom. The lowest BCUT2D eigenvalue weighted by Crippen LogP contribution is -2.47. The molecule has 2 amide bonds. The Morgan fingerprint density at radius 2 is 1.96 bits per heavy atom. The summed E-state index contributed by atoms with van der Waals surface area (Å²) in [6.45, 7) is 6.68. The molecule has 2 aliphatic heterocycles. The van der Waals surface area contributed by atoms with Crippen LogP contribution in [0.25, 0.3) is 0 Å². The number of fused-ring (bicyclic) bond motifs is 1. The van der Waals surface area contributed by atoms with Crippen molar-refractivity contribution >= 4 is 6.03 Å². The first kappa shape index (κ1) is 16.9. The molecule has 1 fully saturated rings. The highest BCUT2D eigenvalue weighted by atomic mass is 16.6. The zero-order valence-electron chi connectivity index (χ0n) is 14.3. The van der Waals surface area contributed by atoms with Gasteiger partial charge in [-0.2, -0.15) is 0 Å². The number of nitrogens with one attached hydrogen (secondary N) is 2. The summed E-state index contributed by atoms with van der Waals surface area (Å²) in [5.74, 6) is 1.75. The Balaban J connectivity index is 1.66. The summed E-state index contributed by atoms with van der Waals surface area (Å²) in [5, 5.41) is 6.09. The molecule has 6 heteroatoms. The summed E-state index contributed by atoms with van der Waals surface area (Å²) in [7, 11) is 0. The SMILES string of the molecule is CC(C)[C@H](NC(=O)N[C@H]1CCCOC1)c1ccc2c(c1)OCCO2. The number of ether oxygens (including phenoxy) is 3. The van der Waals surface area contributed by atoms with E-state index in [4.69, 9.17) is 14.2 Å². The van der Waals surface area contributed by atoms with Gasteiger partial charge in [-0.3, -0.25) is 0 Å². The number of hydrogen-bond acceptors (Lipinski definition) is 4. The molecule has 0 spiro atoms. The third-order valence-corrected chi connectivity index (χ3v) is 4.37. The topological polar surface area (TPSA) is 68.8 Å². The van der Waals surface area contributed by atoms with Crippen LogP contribution in [0.2, 0.25) is 0 Å². The fraction of sp³-hybridized carbons (Fsp3) is 0.611. The first-order valence-electron chi connectivity index (χ1n) is 8.68. The summed E-state index contributed by atoms with van der Waals surface area (Å²) in [6.07, 6.45) is 1.95. The van der Waals surface area contributed by atoms with E-state index in [0.29, 0.717) is 19.8 Å².